The van der Waals surface area contributed by atoms with E-state index in [-0.39, 0.29) is 0 Å². The molecular formula is C17H22F3N. The fraction of sp³-hybridized carbons (Fsp3) is 0.647. The van der Waals surface area contributed by atoms with Crippen molar-refractivity contribution in [3.63, 3.8) is 0 Å². The molecule has 4 heteroatoms. The number of hydrogen-bond donors (Lipinski definition) is 1. The van der Waals surface area contributed by atoms with Gasteiger partial charge < -0.3 is 5.32 Å². The van der Waals surface area contributed by atoms with Crippen molar-refractivity contribution in [2.24, 2.45) is 5.92 Å². The Balaban J connectivity index is 1.53. The Kier molecular flexibility index (Phi) is 4.00. The van der Waals surface area contributed by atoms with E-state index in [1.165, 1.54) is 37.8 Å². The van der Waals surface area contributed by atoms with Crippen LogP contribution in [0, 0.1) is 5.92 Å². The van der Waals surface area contributed by atoms with Crippen molar-refractivity contribution < 1.29 is 13.2 Å². The first-order chi connectivity index (χ1) is 9.93. The largest absolute Gasteiger partial charge is 0.416 e. The lowest BCUT2D eigenvalue weighted by atomic mass is 9.87. The van der Waals surface area contributed by atoms with Crippen molar-refractivity contribution in [3.05, 3.63) is 35.4 Å². The molecule has 116 valence electrons. The van der Waals surface area contributed by atoms with Crippen molar-refractivity contribution in [3.8, 4) is 0 Å². The molecule has 2 aliphatic rings. The highest BCUT2D eigenvalue weighted by Gasteiger charge is 2.40. The lowest BCUT2D eigenvalue weighted by molar-refractivity contribution is -0.137. The third kappa shape index (κ3) is 3.60. The molecule has 0 heterocycles. The summed E-state index contributed by atoms with van der Waals surface area (Å²) in [5, 5.41) is 3.68. The van der Waals surface area contributed by atoms with E-state index in [4.69, 9.17) is 0 Å². The molecule has 1 nitrogen and oxygen atoms in total. The predicted octanol–water partition coefficient (Wildman–Crippen LogP) is 4.73. The Bertz CT molecular complexity index is 472. The van der Waals surface area contributed by atoms with Gasteiger partial charge in [-0.25, -0.2) is 0 Å². The van der Waals surface area contributed by atoms with E-state index in [2.05, 4.69) is 12.2 Å². The average Bonchev–Trinajstić information content (AvgIpc) is 3.20. The summed E-state index contributed by atoms with van der Waals surface area (Å²) in [6.07, 6.45) is 1.86. The molecule has 0 spiro atoms. The maximum Gasteiger partial charge on any atom is 0.416 e. The molecule has 1 aromatic carbocycles. The number of nitrogens with one attached hydrogen (secondary N) is 1. The maximum absolute atomic E-state index is 12.5. The van der Waals surface area contributed by atoms with Crippen molar-refractivity contribution >= 4 is 0 Å². The molecule has 0 unspecified atom stereocenters. The first kappa shape index (κ1) is 14.9. The maximum atomic E-state index is 12.5. The van der Waals surface area contributed by atoms with Crippen LogP contribution < -0.4 is 5.32 Å². The summed E-state index contributed by atoms with van der Waals surface area (Å²) in [7, 11) is 0. The highest BCUT2D eigenvalue weighted by atomic mass is 19.4. The number of rotatable bonds is 3. The molecule has 0 aromatic heterocycles. The Morgan fingerprint density at radius 3 is 2.19 bits per heavy atom. The summed E-state index contributed by atoms with van der Waals surface area (Å²) in [6, 6.07) is 6.74. The quantitative estimate of drug-likeness (QED) is 0.850. The van der Waals surface area contributed by atoms with Gasteiger partial charge in [-0.15, -0.1) is 0 Å². The van der Waals surface area contributed by atoms with Gasteiger partial charge in [0.2, 0.25) is 0 Å². The first-order valence-electron chi connectivity index (χ1n) is 7.86. The van der Waals surface area contributed by atoms with Gasteiger partial charge in [0.1, 0.15) is 0 Å². The van der Waals surface area contributed by atoms with Gasteiger partial charge in [-0.05, 0) is 55.7 Å². The standard InChI is InChI=1S/C17H22F3N/c1-11-2-8-14(9-3-11)21-16-10-15(16)12-4-6-13(7-5-12)17(18,19)20/h4-7,11,14-16,21H,2-3,8-10H2,1H3/t11?,14?,15-,16+/m1/s1. The van der Waals surface area contributed by atoms with E-state index in [9.17, 15) is 13.2 Å². The highest BCUT2D eigenvalue weighted by molar-refractivity contribution is 5.32. The Hall–Kier alpha value is -1.03. The minimum atomic E-state index is -4.24. The molecule has 2 atom stereocenters. The summed E-state index contributed by atoms with van der Waals surface area (Å²) in [5.41, 5.74) is 0.474. The molecule has 1 N–H and O–H groups in total. The Morgan fingerprint density at radius 1 is 1.00 bits per heavy atom. The fourth-order valence-electron chi connectivity index (χ4n) is 3.40. The molecule has 2 aliphatic carbocycles. The van der Waals surface area contributed by atoms with Crippen LogP contribution in [-0.2, 0) is 6.18 Å². The highest BCUT2D eigenvalue weighted by Crippen LogP contribution is 2.42. The third-order valence-corrected chi connectivity index (χ3v) is 4.92. The molecule has 3 rings (SSSR count). The van der Waals surface area contributed by atoms with Crippen LogP contribution in [0.25, 0.3) is 0 Å². The molecule has 0 saturated heterocycles. The molecule has 0 radical (unpaired) electrons. The lowest BCUT2D eigenvalue weighted by Gasteiger charge is -2.27. The third-order valence-electron chi connectivity index (χ3n) is 4.92. The van der Waals surface area contributed by atoms with Crippen LogP contribution in [0.15, 0.2) is 24.3 Å². The predicted molar refractivity (Wildman–Crippen MR) is 77.1 cm³/mol. The number of hydrogen-bond acceptors (Lipinski definition) is 1. The molecule has 2 fully saturated rings. The Labute approximate surface area is 123 Å². The fourth-order valence-corrected chi connectivity index (χ4v) is 3.40. The monoisotopic (exact) mass is 297 g/mol. The summed E-state index contributed by atoms with van der Waals surface area (Å²) in [5.74, 6) is 1.24. The van der Waals surface area contributed by atoms with Crippen LogP contribution in [0.3, 0.4) is 0 Å². The SMILES string of the molecule is CC1CCC(N[C@H]2C[C@@H]2c2ccc(C(F)(F)F)cc2)CC1. The van der Waals surface area contributed by atoms with Crippen molar-refractivity contribution in [2.45, 2.75) is 63.2 Å². The molecule has 0 aliphatic heterocycles. The average molecular weight is 297 g/mol. The lowest BCUT2D eigenvalue weighted by Crippen LogP contribution is -2.34. The van der Waals surface area contributed by atoms with E-state index in [1.807, 2.05) is 0 Å². The number of benzene rings is 1. The van der Waals surface area contributed by atoms with Gasteiger partial charge in [0.15, 0.2) is 0 Å². The van der Waals surface area contributed by atoms with Gasteiger partial charge in [0.05, 0.1) is 5.56 Å². The summed E-state index contributed by atoms with van der Waals surface area (Å²) in [4.78, 5) is 0. The van der Waals surface area contributed by atoms with Gasteiger partial charge in [-0.2, -0.15) is 13.2 Å². The smallest absolute Gasteiger partial charge is 0.311 e. The second kappa shape index (κ2) is 5.64. The normalized spacial score (nSPS) is 33.0. The number of halogens is 3. The van der Waals surface area contributed by atoms with Gasteiger partial charge in [0, 0.05) is 18.0 Å². The van der Waals surface area contributed by atoms with Gasteiger partial charge in [-0.1, -0.05) is 19.1 Å². The van der Waals surface area contributed by atoms with Crippen LogP contribution in [0.1, 0.15) is 56.1 Å². The van der Waals surface area contributed by atoms with Crippen LogP contribution in [0.4, 0.5) is 13.2 Å². The molecular weight excluding hydrogens is 275 g/mol. The Morgan fingerprint density at radius 2 is 1.62 bits per heavy atom. The zero-order valence-corrected chi connectivity index (χ0v) is 12.3. The molecule has 1 aromatic rings. The molecule has 0 bridgehead atoms. The zero-order chi connectivity index (χ0) is 15.0. The van der Waals surface area contributed by atoms with Gasteiger partial charge in [-0.3, -0.25) is 0 Å². The van der Waals surface area contributed by atoms with Crippen LogP contribution in [0.2, 0.25) is 0 Å². The van der Waals surface area contributed by atoms with Gasteiger partial charge in [0.25, 0.3) is 0 Å². The van der Waals surface area contributed by atoms with E-state index >= 15 is 0 Å². The van der Waals surface area contributed by atoms with Crippen LogP contribution >= 0.6 is 0 Å². The summed E-state index contributed by atoms with van der Waals surface area (Å²) >= 11 is 0. The van der Waals surface area contributed by atoms with Gasteiger partial charge >= 0.3 is 6.18 Å². The van der Waals surface area contributed by atoms with Crippen LogP contribution in [-0.4, -0.2) is 12.1 Å². The van der Waals surface area contributed by atoms with Crippen molar-refractivity contribution in [2.75, 3.05) is 0 Å². The van der Waals surface area contributed by atoms with E-state index < -0.39 is 11.7 Å². The summed E-state index contributed by atoms with van der Waals surface area (Å²) < 4.78 is 37.6. The topological polar surface area (TPSA) is 12.0 Å². The zero-order valence-electron chi connectivity index (χ0n) is 12.3. The minimum absolute atomic E-state index is 0.395. The first-order valence-corrected chi connectivity index (χ1v) is 7.86. The van der Waals surface area contributed by atoms with E-state index in [0.717, 1.165) is 17.9 Å². The summed E-state index contributed by atoms with van der Waals surface area (Å²) in [6.45, 7) is 2.30. The van der Waals surface area contributed by atoms with E-state index in [0.29, 0.717) is 18.0 Å². The van der Waals surface area contributed by atoms with Crippen LogP contribution in [0.5, 0.6) is 0 Å². The molecule has 0 amide bonds. The second-order valence-electron chi connectivity index (χ2n) is 6.69. The van der Waals surface area contributed by atoms with Crippen molar-refractivity contribution in [1.82, 2.24) is 5.32 Å². The second-order valence-corrected chi connectivity index (χ2v) is 6.69. The van der Waals surface area contributed by atoms with E-state index in [1.54, 1.807) is 12.1 Å². The molecule has 2 saturated carbocycles. The number of alkyl halides is 3. The molecule has 21 heavy (non-hydrogen) atoms. The minimum Gasteiger partial charge on any atom is -0.311 e. The van der Waals surface area contributed by atoms with Crippen molar-refractivity contribution in [1.29, 1.82) is 0 Å².